The predicted molar refractivity (Wildman–Crippen MR) is 460 cm³/mol. The average molecular weight is 1620 g/mol. The van der Waals surface area contributed by atoms with E-state index >= 15 is 0 Å². The number of hydrogen-bond donors (Lipinski definition) is 3. The Kier molecular flexibility index (Phi) is 83.0. The highest BCUT2D eigenvalue weighted by Gasteiger charge is 2.31. The summed E-state index contributed by atoms with van der Waals surface area (Å²) in [7, 11) is -9.93. The van der Waals surface area contributed by atoms with Crippen molar-refractivity contribution in [1.29, 1.82) is 0 Å². The van der Waals surface area contributed by atoms with Gasteiger partial charge in [0.1, 0.15) is 19.3 Å². The zero-order chi connectivity index (χ0) is 81.1. The fourth-order valence-corrected chi connectivity index (χ4v) is 16.1. The van der Waals surface area contributed by atoms with E-state index in [9.17, 15) is 43.2 Å². The van der Waals surface area contributed by atoms with Crippen molar-refractivity contribution in [1.82, 2.24) is 0 Å². The van der Waals surface area contributed by atoms with Gasteiger partial charge in [0, 0.05) is 25.7 Å². The van der Waals surface area contributed by atoms with Gasteiger partial charge in [-0.25, -0.2) is 9.13 Å². The summed E-state index contributed by atoms with van der Waals surface area (Å²) in [5, 5.41) is 10.7. The summed E-state index contributed by atoms with van der Waals surface area (Å²) in [6.07, 6.45) is 80.8. The molecule has 0 heterocycles. The first-order chi connectivity index (χ1) is 54.1. The van der Waals surface area contributed by atoms with Crippen LogP contribution >= 0.6 is 15.6 Å². The second kappa shape index (κ2) is 84.5. The molecule has 0 aliphatic carbocycles. The van der Waals surface area contributed by atoms with E-state index in [1.165, 1.54) is 327 Å². The molecular formula is C92H180O17P2. The number of esters is 4. The SMILES string of the molecule is CCCCCCCCCCCCCCCCCCCCCCCCC(=O)OC[C@H](COP(=O)(O)OC[C@@H](O)COP(=O)(O)OC[C@@H](COC(=O)CCCCCCCCCCC)OC(=O)CCCCCCCCCCCCCCCCC(C)CC)OC(=O)CCCCCCCCCCCCCCCCCCCCCCCC. The van der Waals surface area contributed by atoms with Crippen molar-refractivity contribution >= 4 is 39.5 Å². The molecule has 0 rings (SSSR count). The number of phosphoric ester groups is 2. The zero-order valence-corrected chi connectivity index (χ0v) is 74.9. The van der Waals surface area contributed by atoms with E-state index in [1.54, 1.807) is 0 Å². The molecule has 0 bridgehead atoms. The number of unbranched alkanes of at least 4 members (excludes halogenated alkanes) is 63. The van der Waals surface area contributed by atoms with Gasteiger partial charge in [0.2, 0.25) is 0 Å². The molecule has 0 amide bonds. The van der Waals surface area contributed by atoms with Crippen LogP contribution in [-0.2, 0) is 65.4 Å². The molecule has 19 heteroatoms. The third-order valence-corrected chi connectivity index (χ3v) is 24.0. The Morgan fingerprint density at radius 3 is 0.640 bits per heavy atom. The lowest BCUT2D eigenvalue weighted by Gasteiger charge is -2.21. The summed E-state index contributed by atoms with van der Waals surface area (Å²) in [6.45, 7) is 7.43. The van der Waals surface area contributed by atoms with Crippen molar-refractivity contribution < 1.29 is 80.2 Å². The van der Waals surface area contributed by atoms with Crippen LogP contribution in [0.1, 0.15) is 503 Å². The quantitative estimate of drug-likeness (QED) is 0.0222. The highest BCUT2D eigenvalue weighted by atomic mass is 31.2. The van der Waals surface area contributed by atoms with Gasteiger partial charge < -0.3 is 33.8 Å². The lowest BCUT2D eigenvalue weighted by molar-refractivity contribution is -0.161. The smallest absolute Gasteiger partial charge is 0.462 e. The number of carbonyl (C=O) groups excluding carboxylic acids is 4. The minimum absolute atomic E-state index is 0.108. The fourth-order valence-electron chi connectivity index (χ4n) is 14.5. The van der Waals surface area contributed by atoms with E-state index in [2.05, 4.69) is 34.6 Å². The van der Waals surface area contributed by atoms with E-state index in [4.69, 9.17) is 37.0 Å². The zero-order valence-electron chi connectivity index (χ0n) is 73.1. The van der Waals surface area contributed by atoms with Gasteiger partial charge in [0.15, 0.2) is 12.2 Å². The van der Waals surface area contributed by atoms with E-state index in [0.29, 0.717) is 25.7 Å². The van der Waals surface area contributed by atoms with Gasteiger partial charge in [-0.15, -0.1) is 0 Å². The molecular weight excluding hydrogens is 1440 g/mol. The van der Waals surface area contributed by atoms with Gasteiger partial charge in [0.25, 0.3) is 0 Å². The normalized spacial score (nSPS) is 13.9. The van der Waals surface area contributed by atoms with E-state index in [0.717, 1.165) is 95.8 Å². The van der Waals surface area contributed by atoms with Gasteiger partial charge in [-0.3, -0.25) is 37.3 Å². The number of ether oxygens (including phenoxy) is 4. The first kappa shape index (κ1) is 109. The minimum Gasteiger partial charge on any atom is -0.462 e. The molecule has 0 aromatic rings. The van der Waals surface area contributed by atoms with Crippen LogP contribution in [0.5, 0.6) is 0 Å². The van der Waals surface area contributed by atoms with Crippen LogP contribution in [0.15, 0.2) is 0 Å². The van der Waals surface area contributed by atoms with Gasteiger partial charge in [0.05, 0.1) is 26.4 Å². The van der Waals surface area contributed by atoms with Gasteiger partial charge >= 0.3 is 39.5 Å². The molecule has 0 saturated carbocycles. The number of hydrogen-bond acceptors (Lipinski definition) is 15. The topological polar surface area (TPSA) is 237 Å². The van der Waals surface area contributed by atoms with Gasteiger partial charge in [-0.05, 0) is 31.6 Å². The average Bonchev–Trinajstić information content (AvgIpc) is 0.876. The molecule has 0 spiro atoms. The van der Waals surface area contributed by atoms with Crippen LogP contribution in [0, 0.1) is 5.92 Å². The molecule has 0 aromatic heterocycles. The monoisotopic (exact) mass is 1620 g/mol. The summed E-state index contributed by atoms with van der Waals surface area (Å²) in [4.78, 5) is 73.4. The van der Waals surface area contributed by atoms with Crippen LogP contribution in [-0.4, -0.2) is 96.7 Å². The summed E-state index contributed by atoms with van der Waals surface area (Å²) < 4.78 is 69.0. The maximum Gasteiger partial charge on any atom is 0.472 e. The molecule has 0 saturated heterocycles. The first-order valence-corrected chi connectivity index (χ1v) is 50.7. The van der Waals surface area contributed by atoms with Crippen molar-refractivity contribution in [2.45, 2.75) is 522 Å². The number of aliphatic hydroxyl groups is 1. The highest BCUT2D eigenvalue weighted by molar-refractivity contribution is 7.47. The maximum atomic E-state index is 13.2. The van der Waals surface area contributed by atoms with Gasteiger partial charge in [-0.1, -0.05) is 452 Å². The Labute approximate surface area is 683 Å². The molecule has 0 aliphatic heterocycles. The Hall–Kier alpha value is -1.94. The molecule has 0 aliphatic rings. The first-order valence-electron chi connectivity index (χ1n) is 47.7. The molecule has 0 radical (unpaired) electrons. The highest BCUT2D eigenvalue weighted by Crippen LogP contribution is 2.45. The van der Waals surface area contributed by atoms with Crippen LogP contribution < -0.4 is 0 Å². The van der Waals surface area contributed by atoms with E-state index < -0.39 is 97.5 Å². The number of rotatable bonds is 92. The predicted octanol–water partition coefficient (Wildman–Crippen LogP) is 28.7. The second-order valence-electron chi connectivity index (χ2n) is 33.3. The fraction of sp³-hybridized carbons (Fsp3) is 0.957. The lowest BCUT2D eigenvalue weighted by atomic mass is 9.99. The third kappa shape index (κ3) is 84.3. The van der Waals surface area contributed by atoms with Crippen molar-refractivity contribution in [2.24, 2.45) is 5.92 Å². The maximum absolute atomic E-state index is 13.2. The number of carbonyl (C=O) groups is 4. The van der Waals surface area contributed by atoms with Gasteiger partial charge in [-0.2, -0.15) is 0 Å². The van der Waals surface area contributed by atoms with Crippen LogP contribution in [0.2, 0.25) is 0 Å². The Morgan fingerprint density at radius 2 is 0.432 bits per heavy atom. The van der Waals surface area contributed by atoms with E-state index in [-0.39, 0.29) is 25.7 Å². The largest absolute Gasteiger partial charge is 0.472 e. The molecule has 660 valence electrons. The third-order valence-electron chi connectivity index (χ3n) is 22.1. The van der Waals surface area contributed by atoms with Crippen molar-refractivity contribution in [3.05, 3.63) is 0 Å². The number of phosphoric acid groups is 2. The minimum atomic E-state index is -4.97. The molecule has 6 atom stereocenters. The Bertz CT molecular complexity index is 2100. The van der Waals surface area contributed by atoms with Crippen LogP contribution in [0.25, 0.3) is 0 Å². The molecule has 3 N–H and O–H groups in total. The van der Waals surface area contributed by atoms with Crippen molar-refractivity contribution in [2.75, 3.05) is 39.6 Å². The standard InChI is InChI=1S/C92H180O17P2/c1-6-10-13-16-19-22-24-26-28-30-32-34-36-38-40-42-47-51-56-61-66-71-76-90(95)103-82-88(109-92(97)77-72-67-62-57-52-48-43-41-39-37-35-33-31-29-27-25-23-20-17-14-11-7-2)84-107-111(100,101)105-80-86(93)79-104-110(98,99)106-83-87(81-102-89(94)75-70-65-60-54-21-18-15-12-8-3)108-91(96)78-73-68-63-58-53-49-45-44-46-50-55-59-64-69-74-85(5)9-4/h85-88,93H,6-84H2,1-5H3,(H,98,99)(H,100,101)/t85?,86-,87+,88+/m0/s1. The number of aliphatic hydroxyl groups excluding tert-OH is 1. The van der Waals surface area contributed by atoms with Crippen LogP contribution in [0.3, 0.4) is 0 Å². The summed E-state index contributed by atoms with van der Waals surface area (Å²) in [5.41, 5.74) is 0. The molecule has 3 unspecified atom stereocenters. The van der Waals surface area contributed by atoms with Crippen molar-refractivity contribution in [3.8, 4) is 0 Å². The summed E-state index contributed by atoms with van der Waals surface area (Å²) >= 11 is 0. The molecule has 17 nitrogen and oxygen atoms in total. The van der Waals surface area contributed by atoms with Crippen molar-refractivity contribution in [3.63, 3.8) is 0 Å². The summed E-state index contributed by atoms with van der Waals surface area (Å²) in [6, 6.07) is 0. The lowest BCUT2D eigenvalue weighted by Crippen LogP contribution is -2.30. The summed E-state index contributed by atoms with van der Waals surface area (Å²) in [5.74, 6) is -1.25. The van der Waals surface area contributed by atoms with E-state index in [1.807, 2.05) is 0 Å². The Morgan fingerprint density at radius 1 is 0.252 bits per heavy atom. The van der Waals surface area contributed by atoms with Crippen LogP contribution in [0.4, 0.5) is 0 Å². The Balaban J connectivity index is 5.19. The molecule has 0 fully saturated rings. The molecule has 0 aromatic carbocycles. The second-order valence-corrected chi connectivity index (χ2v) is 36.2. The molecule has 111 heavy (non-hydrogen) atoms.